The van der Waals surface area contributed by atoms with Gasteiger partial charge in [-0.1, -0.05) is 29.9 Å². The Morgan fingerprint density at radius 1 is 1.43 bits per heavy atom. The molecule has 124 valence electrons. The number of halogens is 1. The van der Waals surface area contributed by atoms with E-state index < -0.39 is 17.7 Å². The van der Waals surface area contributed by atoms with Gasteiger partial charge in [-0.15, -0.1) is 0 Å². The molecule has 7 heteroatoms. The first-order valence-electron chi connectivity index (χ1n) is 7.22. The Hall–Kier alpha value is -1.66. The van der Waals surface area contributed by atoms with E-state index in [4.69, 9.17) is 28.6 Å². The first-order valence-corrected chi connectivity index (χ1v) is 8.07. The highest BCUT2D eigenvalue weighted by molar-refractivity contribution is 7.79. The van der Waals surface area contributed by atoms with Gasteiger partial charge in [0.2, 0.25) is 5.91 Å². The van der Waals surface area contributed by atoms with Gasteiger partial charge >= 0.3 is 6.09 Å². The summed E-state index contributed by atoms with van der Waals surface area (Å²) >= 11 is 11.0. The number of nitrogens with zero attached hydrogens (tertiary/aromatic N) is 2. The zero-order valence-corrected chi connectivity index (χ0v) is 14.9. The zero-order chi connectivity index (χ0) is 17.2. The number of hydrogen-bond donors (Lipinski definition) is 0. The maximum absolute atomic E-state index is 12.4. The average Bonchev–Trinajstić information content (AvgIpc) is 2.45. The first kappa shape index (κ1) is 17.7. The summed E-state index contributed by atoms with van der Waals surface area (Å²) in [6.07, 6.45) is -0.539. The summed E-state index contributed by atoms with van der Waals surface area (Å²) in [6.45, 7) is 5.53. The molecule has 1 aliphatic rings. The van der Waals surface area contributed by atoms with Gasteiger partial charge in [-0.05, 0) is 39.0 Å². The summed E-state index contributed by atoms with van der Waals surface area (Å²) in [4.78, 5) is 27.7. The second-order valence-electron chi connectivity index (χ2n) is 6.30. The van der Waals surface area contributed by atoms with Crippen LogP contribution in [-0.4, -0.2) is 47.0 Å². The highest BCUT2D eigenvalue weighted by Crippen LogP contribution is 2.24. The molecule has 0 saturated carbocycles. The minimum atomic E-state index is -0.629. The number of benzene rings is 1. The molecule has 0 radical (unpaired) electrons. The molecule has 23 heavy (non-hydrogen) atoms. The van der Waals surface area contributed by atoms with E-state index in [0.29, 0.717) is 10.7 Å². The molecule has 1 aromatic carbocycles. The van der Waals surface area contributed by atoms with Crippen molar-refractivity contribution in [3.8, 4) is 0 Å². The summed E-state index contributed by atoms with van der Waals surface area (Å²) in [5, 5.41) is 2.03. The van der Waals surface area contributed by atoms with Gasteiger partial charge in [0.25, 0.3) is 0 Å². The Bertz CT molecular complexity index is 630. The first-order chi connectivity index (χ1) is 10.7. The van der Waals surface area contributed by atoms with Gasteiger partial charge in [0.1, 0.15) is 12.1 Å². The van der Waals surface area contributed by atoms with Crippen LogP contribution in [0.4, 0.5) is 10.5 Å². The lowest BCUT2D eigenvalue weighted by Gasteiger charge is -2.39. The molecule has 1 aliphatic heterocycles. The Morgan fingerprint density at radius 2 is 2.13 bits per heavy atom. The Morgan fingerprint density at radius 3 is 2.70 bits per heavy atom. The van der Waals surface area contributed by atoms with Crippen molar-refractivity contribution in [1.29, 1.82) is 0 Å². The van der Waals surface area contributed by atoms with Gasteiger partial charge in [0.15, 0.2) is 0 Å². The van der Waals surface area contributed by atoms with Crippen molar-refractivity contribution in [2.75, 3.05) is 18.0 Å². The van der Waals surface area contributed by atoms with Gasteiger partial charge < -0.3 is 9.64 Å². The predicted molar refractivity (Wildman–Crippen MR) is 94.2 cm³/mol. The van der Waals surface area contributed by atoms with E-state index >= 15 is 0 Å². The number of hydrogen-bond acceptors (Lipinski definition) is 4. The van der Waals surface area contributed by atoms with Crippen molar-refractivity contribution >= 4 is 46.9 Å². The van der Waals surface area contributed by atoms with Crippen molar-refractivity contribution in [1.82, 2.24) is 4.90 Å². The topological polar surface area (TPSA) is 49.9 Å². The predicted octanol–water partition coefficient (Wildman–Crippen LogP) is 3.29. The van der Waals surface area contributed by atoms with E-state index in [9.17, 15) is 9.59 Å². The molecular weight excluding hydrogens is 336 g/mol. The SMILES string of the molecule is CC(C)(C)OC(=O)N1CC(=O)N(c2cccc(Cl)c2)C[C@H]1C=S. The molecule has 0 aromatic heterocycles. The van der Waals surface area contributed by atoms with Gasteiger partial charge in [-0.3, -0.25) is 9.69 Å². The molecule has 0 aliphatic carbocycles. The fraction of sp³-hybridized carbons (Fsp3) is 0.438. The van der Waals surface area contributed by atoms with E-state index in [1.165, 1.54) is 10.3 Å². The molecule has 1 atom stereocenters. The Balaban J connectivity index is 2.19. The van der Waals surface area contributed by atoms with Crippen molar-refractivity contribution in [3.63, 3.8) is 0 Å². The van der Waals surface area contributed by atoms with Gasteiger partial charge in [-0.2, -0.15) is 0 Å². The van der Waals surface area contributed by atoms with Gasteiger partial charge in [0.05, 0.1) is 12.6 Å². The fourth-order valence-electron chi connectivity index (χ4n) is 2.27. The Labute approximate surface area is 146 Å². The van der Waals surface area contributed by atoms with Crippen LogP contribution in [0.2, 0.25) is 5.02 Å². The fourth-order valence-corrected chi connectivity index (χ4v) is 2.68. The number of carbonyl (C=O) groups excluding carboxylic acids is 2. The number of anilines is 1. The molecule has 1 heterocycles. The van der Waals surface area contributed by atoms with Crippen molar-refractivity contribution in [3.05, 3.63) is 29.3 Å². The van der Waals surface area contributed by atoms with E-state index in [1.807, 2.05) is 0 Å². The maximum atomic E-state index is 12.4. The molecule has 0 bridgehead atoms. The molecular formula is C16H19ClN2O3S. The third-order valence-electron chi connectivity index (χ3n) is 3.28. The standard InChI is InChI=1S/C16H19ClN2O3S/c1-16(2,3)22-15(21)19-9-14(20)18(8-13(19)10-23)12-6-4-5-11(17)7-12/h4-7,10,13H,8-9H2,1-3H3/t13-/m0/s1. The Kier molecular flexibility index (Phi) is 5.26. The van der Waals surface area contributed by atoms with Crippen LogP contribution in [0.1, 0.15) is 20.8 Å². The van der Waals surface area contributed by atoms with Gasteiger partial charge in [-0.25, -0.2) is 4.79 Å². The van der Waals surface area contributed by atoms with Crippen molar-refractivity contribution in [2.45, 2.75) is 32.4 Å². The maximum Gasteiger partial charge on any atom is 0.411 e. The third kappa shape index (κ3) is 4.42. The zero-order valence-electron chi connectivity index (χ0n) is 13.3. The molecule has 5 nitrogen and oxygen atoms in total. The lowest BCUT2D eigenvalue weighted by atomic mass is 10.1. The van der Waals surface area contributed by atoms with E-state index in [1.54, 1.807) is 49.9 Å². The summed E-state index contributed by atoms with van der Waals surface area (Å²) in [5.41, 5.74) is 0.0594. The summed E-state index contributed by atoms with van der Waals surface area (Å²) < 4.78 is 5.35. The van der Waals surface area contributed by atoms with Crippen LogP contribution in [-0.2, 0) is 9.53 Å². The number of piperazine rings is 1. The number of carbonyl (C=O) groups is 2. The van der Waals surface area contributed by atoms with Crippen LogP contribution < -0.4 is 4.90 Å². The van der Waals surface area contributed by atoms with Crippen molar-refractivity contribution in [2.24, 2.45) is 0 Å². The number of rotatable bonds is 2. The van der Waals surface area contributed by atoms with Crippen LogP contribution in [0.15, 0.2) is 24.3 Å². The summed E-state index contributed by atoms with van der Waals surface area (Å²) in [7, 11) is 0. The van der Waals surface area contributed by atoms with Crippen LogP contribution in [0.25, 0.3) is 0 Å². The highest BCUT2D eigenvalue weighted by Gasteiger charge is 2.36. The molecule has 2 amide bonds. The number of ether oxygens (including phenoxy) is 1. The number of thiocarbonyl (C=S) groups is 1. The summed E-state index contributed by atoms with van der Waals surface area (Å²) in [5.74, 6) is -0.203. The molecule has 2 rings (SSSR count). The van der Waals surface area contributed by atoms with E-state index in [-0.39, 0.29) is 19.0 Å². The molecule has 1 aromatic rings. The minimum absolute atomic E-state index is 0.0841. The quantitative estimate of drug-likeness (QED) is 0.765. The van der Waals surface area contributed by atoms with E-state index in [0.717, 1.165) is 0 Å². The number of amides is 2. The molecule has 0 N–H and O–H groups in total. The van der Waals surface area contributed by atoms with Crippen LogP contribution in [0.5, 0.6) is 0 Å². The second-order valence-corrected chi connectivity index (χ2v) is 7.00. The lowest BCUT2D eigenvalue weighted by Crippen LogP contribution is -2.59. The lowest BCUT2D eigenvalue weighted by molar-refractivity contribution is -0.121. The molecule has 0 spiro atoms. The monoisotopic (exact) mass is 354 g/mol. The summed E-state index contributed by atoms with van der Waals surface area (Å²) in [6, 6.07) is 6.63. The van der Waals surface area contributed by atoms with Crippen LogP contribution >= 0.6 is 23.8 Å². The molecule has 0 unspecified atom stereocenters. The van der Waals surface area contributed by atoms with Crippen LogP contribution in [0.3, 0.4) is 0 Å². The molecule has 1 saturated heterocycles. The van der Waals surface area contributed by atoms with Crippen LogP contribution in [0, 0.1) is 0 Å². The largest absolute Gasteiger partial charge is 0.444 e. The highest BCUT2D eigenvalue weighted by atomic mass is 35.5. The third-order valence-corrected chi connectivity index (χ3v) is 3.83. The second kappa shape index (κ2) is 6.84. The van der Waals surface area contributed by atoms with Crippen molar-refractivity contribution < 1.29 is 14.3 Å². The average molecular weight is 355 g/mol. The molecule has 1 fully saturated rings. The minimum Gasteiger partial charge on any atom is -0.444 e. The van der Waals surface area contributed by atoms with E-state index in [2.05, 4.69) is 0 Å². The van der Waals surface area contributed by atoms with Gasteiger partial charge in [0, 0.05) is 16.1 Å². The normalized spacial score (nSPS) is 18.8. The smallest absolute Gasteiger partial charge is 0.411 e.